The smallest absolute Gasteiger partial charge is 0.154 e. The minimum atomic E-state index is -0.146. The van der Waals surface area contributed by atoms with Crippen molar-refractivity contribution in [1.82, 2.24) is 5.32 Å². The average Bonchev–Trinajstić information content (AvgIpc) is 2.18. The van der Waals surface area contributed by atoms with Crippen LogP contribution < -0.4 is 11.1 Å². The fourth-order valence-electron chi connectivity index (χ4n) is 1.81. The van der Waals surface area contributed by atoms with Crippen LogP contribution >= 0.6 is 0 Å². The van der Waals surface area contributed by atoms with Crippen molar-refractivity contribution < 1.29 is 4.79 Å². The Hall–Kier alpha value is -1.35. The molecule has 0 aliphatic carbocycles. The Morgan fingerprint density at radius 3 is 3.00 bits per heavy atom. The highest BCUT2D eigenvalue weighted by molar-refractivity contribution is 5.86. The van der Waals surface area contributed by atoms with Crippen molar-refractivity contribution in [1.29, 1.82) is 0 Å². The van der Waals surface area contributed by atoms with Gasteiger partial charge in [-0.15, -0.1) is 0 Å². The van der Waals surface area contributed by atoms with E-state index in [-0.39, 0.29) is 11.8 Å². The average molecular weight is 190 g/mol. The highest BCUT2D eigenvalue weighted by atomic mass is 16.1. The highest BCUT2D eigenvalue weighted by Gasteiger charge is 2.22. The molecule has 3 N–H and O–H groups in total. The van der Waals surface area contributed by atoms with Gasteiger partial charge in [-0.2, -0.15) is 0 Å². The van der Waals surface area contributed by atoms with Gasteiger partial charge in [0, 0.05) is 12.1 Å². The van der Waals surface area contributed by atoms with E-state index in [9.17, 15) is 4.79 Å². The summed E-state index contributed by atoms with van der Waals surface area (Å²) in [6.07, 6.45) is 1.62. The zero-order valence-electron chi connectivity index (χ0n) is 7.99. The van der Waals surface area contributed by atoms with Crippen LogP contribution in [0.2, 0.25) is 0 Å². The maximum Gasteiger partial charge on any atom is 0.154 e. The van der Waals surface area contributed by atoms with Crippen LogP contribution in [0.25, 0.3) is 0 Å². The Kier molecular flexibility index (Phi) is 2.50. The van der Waals surface area contributed by atoms with Gasteiger partial charge in [0.2, 0.25) is 0 Å². The first kappa shape index (κ1) is 9.21. The highest BCUT2D eigenvalue weighted by Crippen LogP contribution is 2.21. The molecule has 74 valence electrons. The molecule has 1 aliphatic rings. The van der Waals surface area contributed by atoms with Crippen LogP contribution in [0.3, 0.4) is 0 Å². The van der Waals surface area contributed by atoms with Gasteiger partial charge in [-0.05, 0) is 30.7 Å². The zero-order valence-corrected chi connectivity index (χ0v) is 7.99. The Labute approximate surface area is 83.3 Å². The van der Waals surface area contributed by atoms with E-state index in [1.165, 1.54) is 0 Å². The molecule has 1 atom stereocenters. The number of benzene rings is 1. The lowest BCUT2D eigenvalue weighted by atomic mass is 9.96. The van der Waals surface area contributed by atoms with Crippen LogP contribution in [0, 0.1) is 0 Å². The molecule has 14 heavy (non-hydrogen) atoms. The number of piperidine rings is 1. The third-order valence-electron chi connectivity index (χ3n) is 2.51. The number of Topliss-reactive ketones (excluding diaryl/α,β-unsaturated/α-hetero) is 1. The van der Waals surface area contributed by atoms with Crippen molar-refractivity contribution in [2.24, 2.45) is 0 Å². The quantitative estimate of drug-likeness (QED) is 0.655. The third-order valence-corrected chi connectivity index (χ3v) is 2.51. The fourth-order valence-corrected chi connectivity index (χ4v) is 1.81. The maximum atomic E-state index is 11.6. The first-order valence-corrected chi connectivity index (χ1v) is 4.89. The third kappa shape index (κ3) is 1.77. The summed E-state index contributed by atoms with van der Waals surface area (Å²) in [5.74, 6) is 0.266. The summed E-state index contributed by atoms with van der Waals surface area (Å²) in [4.78, 5) is 11.6. The molecule has 0 spiro atoms. The zero-order chi connectivity index (χ0) is 9.97. The Morgan fingerprint density at radius 1 is 1.43 bits per heavy atom. The van der Waals surface area contributed by atoms with Crippen molar-refractivity contribution >= 4 is 11.5 Å². The summed E-state index contributed by atoms with van der Waals surface area (Å²) in [6.45, 7) is 0.908. The molecule has 0 bridgehead atoms. The lowest BCUT2D eigenvalue weighted by molar-refractivity contribution is -0.122. The number of nitrogens with two attached hydrogens (primary N) is 1. The van der Waals surface area contributed by atoms with Gasteiger partial charge >= 0.3 is 0 Å². The molecule has 1 unspecified atom stereocenters. The van der Waals surface area contributed by atoms with E-state index in [2.05, 4.69) is 5.32 Å². The van der Waals surface area contributed by atoms with Crippen LogP contribution in [-0.2, 0) is 4.79 Å². The van der Waals surface area contributed by atoms with Crippen molar-refractivity contribution in [3.05, 3.63) is 29.8 Å². The van der Waals surface area contributed by atoms with Crippen molar-refractivity contribution in [2.45, 2.75) is 18.9 Å². The van der Waals surface area contributed by atoms with Crippen molar-refractivity contribution in [3.63, 3.8) is 0 Å². The topological polar surface area (TPSA) is 55.1 Å². The van der Waals surface area contributed by atoms with Gasteiger partial charge in [0.1, 0.15) is 0 Å². The molecule has 1 saturated heterocycles. The number of nitrogens with one attached hydrogen (secondary N) is 1. The van der Waals surface area contributed by atoms with E-state index < -0.39 is 0 Å². The predicted octanol–water partition coefficient (Wildman–Crippen LogP) is 1.26. The molecule has 2 rings (SSSR count). The van der Waals surface area contributed by atoms with Crippen LogP contribution in [0.15, 0.2) is 24.3 Å². The van der Waals surface area contributed by atoms with Gasteiger partial charge in [-0.1, -0.05) is 12.1 Å². The van der Waals surface area contributed by atoms with E-state index in [4.69, 9.17) is 5.73 Å². The van der Waals surface area contributed by atoms with Crippen LogP contribution in [-0.4, -0.2) is 12.3 Å². The number of nitrogen functional groups attached to an aromatic ring is 1. The van der Waals surface area contributed by atoms with Gasteiger partial charge in [0.15, 0.2) is 5.78 Å². The molecule has 0 saturated carbocycles. The van der Waals surface area contributed by atoms with E-state index in [0.29, 0.717) is 12.1 Å². The summed E-state index contributed by atoms with van der Waals surface area (Å²) >= 11 is 0. The number of carbonyl (C=O) groups excluding carboxylic acids is 1. The standard InChI is InChI=1S/C11H14N2O/c12-9-4-1-3-8(7-9)11-10(14)5-2-6-13-11/h1,3-4,7,11,13H,2,5-6,12H2. The number of hydrogen-bond donors (Lipinski definition) is 2. The van der Waals surface area contributed by atoms with E-state index in [1.807, 2.05) is 24.3 Å². The lowest BCUT2D eigenvalue weighted by Gasteiger charge is -2.22. The molecule has 3 heteroatoms. The Morgan fingerprint density at radius 2 is 2.29 bits per heavy atom. The molecule has 1 aromatic rings. The second-order valence-electron chi connectivity index (χ2n) is 3.63. The summed E-state index contributed by atoms with van der Waals surface area (Å²) in [5.41, 5.74) is 7.36. The number of rotatable bonds is 1. The van der Waals surface area contributed by atoms with E-state index >= 15 is 0 Å². The molecule has 0 aromatic heterocycles. The molecule has 0 radical (unpaired) electrons. The largest absolute Gasteiger partial charge is 0.399 e. The van der Waals surface area contributed by atoms with Crippen LogP contribution in [0.5, 0.6) is 0 Å². The molecule has 1 aliphatic heterocycles. The van der Waals surface area contributed by atoms with Gasteiger partial charge in [0.25, 0.3) is 0 Å². The van der Waals surface area contributed by atoms with Gasteiger partial charge in [-0.25, -0.2) is 0 Å². The minimum absolute atomic E-state index is 0.146. The normalized spacial score (nSPS) is 22.3. The second-order valence-corrected chi connectivity index (χ2v) is 3.63. The number of anilines is 1. The van der Waals surface area contributed by atoms with Crippen molar-refractivity contribution in [2.75, 3.05) is 12.3 Å². The van der Waals surface area contributed by atoms with E-state index in [0.717, 1.165) is 18.5 Å². The first-order valence-electron chi connectivity index (χ1n) is 4.89. The number of ketones is 1. The van der Waals surface area contributed by atoms with E-state index in [1.54, 1.807) is 0 Å². The summed E-state index contributed by atoms with van der Waals surface area (Å²) in [5, 5.41) is 3.21. The van der Waals surface area contributed by atoms with Gasteiger partial charge in [0.05, 0.1) is 6.04 Å². The minimum Gasteiger partial charge on any atom is -0.399 e. The number of hydrogen-bond acceptors (Lipinski definition) is 3. The molecule has 3 nitrogen and oxygen atoms in total. The molecule has 1 heterocycles. The van der Waals surface area contributed by atoms with Gasteiger partial charge < -0.3 is 11.1 Å². The summed E-state index contributed by atoms with van der Waals surface area (Å²) in [6, 6.07) is 7.37. The molecule has 1 fully saturated rings. The maximum absolute atomic E-state index is 11.6. The first-order chi connectivity index (χ1) is 6.77. The lowest BCUT2D eigenvalue weighted by Crippen LogP contribution is -2.34. The Balaban J connectivity index is 2.24. The predicted molar refractivity (Wildman–Crippen MR) is 55.8 cm³/mol. The molecule has 1 aromatic carbocycles. The monoisotopic (exact) mass is 190 g/mol. The Bertz CT molecular complexity index is 349. The van der Waals surface area contributed by atoms with Crippen molar-refractivity contribution in [3.8, 4) is 0 Å². The SMILES string of the molecule is Nc1cccc(C2NCCCC2=O)c1. The van der Waals surface area contributed by atoms with Crippen LogP contribution in [0.4, 0.5) is 5.69 Å². The molecule has 0 amide bonds. The molecular weight excluding hydrogens is 176 g/mol. The summed E-state index contributed by atoms with van der Waals surface area (Å²) in [7, 11) is 0. The van der Waals surface area contributed by atoms with Gasteiger partial charge in [-0.3, -0.25) is 4.79 Å². The summed E-state index contributed by atoms with van der Waals surface area (Å²) < 4.78 is 0. The van der Waals surface area contributed by atoms with Crippen LogP contribution in [0.1, 0.15) is 24.4 Å². The molecular formula is C11H14N2O. The second kappa shape index (κ2) is 3.80. The fraction of sp³-hybridized carbons (Fsp3) is 0.364. The number of carbonyl (C=O) groups is 1.